The molecule has 0 aliphatic carbocycles. The Hall–Kier alpha value is -2.38. The average molecular weight is 430 g/mol. The molecule has 158 valence electrons. The fraction of sp³-hybridized carbons (Fsp3) is 0.348. The van der Waals surface area contributed by atoms with E-state index < -0.39 is 11.6 Å². The molecular weight excluding hydrogens is 404 g/mol. The summed E-state index contributed by atoms with van der Waals surface area (Å²) in [6, 6.07) is 12.4. The zero-order valence-electron chi connectivity index (χ0n) is 17.1. The number of hydrogen-bond acceptors (Lipinski definition) is 4. The van der Waals surface area contributed by atoms with E-state index in [2.05, 4.69) is 30.1 Å². The van der Waals surface area contributed by atoms with Crippen LogP contribution in [-0.2, 0) is 4.79 Å². The molecule has 2 saturated heterocycles. The van der Waals surface area contributed by atoms with Crippen molar-refractivity contribution in [3.05, 3.63) is 64.6 Å². The van der Waals surface area contributed by atoms with Crippen molar-refractivity contribution >= 4 is 35.1 Å². The lowest BCUT2D eigenvalue weighted by Gasteiger charge is -2.38. The van der Waals surface area contributed by atoms with E-state index in [1.54, 1.807) is 0 Å². The van der Waals surface area contributed by atoms with Crippen molar-refractivity contribution in [2.75, 3.05) is 35.2 Å². The topological polar surface area (TPSA) is 35.6 Å². The van der Waals surface area contributed by atoms with Crippen molar-refractivity contribution in [2.45, 2.75) is 25.9 Å². The van der Waals surface area contributed by atoms with E-state index in [0.717, 1.165) is 36.5 Å². The molecule has 2 aromatic carbocycles. The lowest BCUT2D eigenvalue weighted by molar-refractivity contribution is -0.114. The number of amides is 1. The van der Waals surface area contributed by atoms with E-state index in [9.17, 15) is 13.6 Å². The highest BCUT2D eigenvalue weighted by molar-refractivity contribution is 8.04. The molecule has 2 unspecified atom stereocenters. The summed E-state index contributed by atoms with van der Waals surface area (Å²) in [4.78, 5) is 17.6. The zero-order valence-corrected chi connectivity index (χ0v) is 17.9. The second kappa shape index (κ2) is 8.78. The highest BCUT2D eigenvalue weighted by Crippen LogP contribution is 2.33. The number of hydrogen-bond donors (Lipinski definition) is 1. The smallest absolute Gasteiger partial charge is 0.264 e. The molecule has 1 amide bonds. The van der Waals surface area contributed by atoms with Gasteiger partial charge in [0, 0.05) is 54.9 Å². The van der Waals surface area contributed by atoms with Crippen molar-refractivity contribution in [1.82, 2.24) is 5.32 Å². The van der Waals surface area contributed by atoms with Crippen LogP contribution in [0, 0.1) is 11.6 Å². The maximum atomic E-state index is 13.7. The second-order valence-corrected chi connectivity index (χ2v) is 8.98. The summed E-state index contributed by atoms with van der Waals surface area (Å²) in [5.41, 5.74) is 2.47. The zero-order chi connectivity index (χ0) is 21.3. The molecule has 2 fully saturated rings. The quantitative estimate of drug-likeness (QED) is 0.739. The minimum atomic E-state index is -0.948. The average Bonchev–Trinajstić information content (AvgIpc) is 2.71. The van der Waals surface area contributed by atoms with Gasteiger partial charge in [0.25, 0.3) is 5.91 Å². The van der Waals surface area contributed by atoms with Gasteiger partial charge in [0.05, 0.1) is 4.91 Å². The highest BCUT2D eigenvalue weighted by atomic mass is 32.2. The molecule has 0 bridgehead atoms. The van der Waals surface area contributed by atoms with Crippen molar-refractivity contribution < 1.29 is 13.6 Å². The molecule has 0 aromatic heterocycles. The summed E-state index contributed by atoms with van der Waals surface area (Å²) in [6.45, 7) is 6.59. The molecule has 7 heteroatoms. The Morgan fingerprint density at radius 3 is 2.53 bits per heavy atom. The van der Waals surface area contributed by atoms with Crippen LogP contribution in [0.15, 0.2) is 47.4 Å². The number of nitrogens with zero attached hydrogens (tertiary/aromatic N) is 2. The Morgan fingerprint density at radius 2 is 1.80 bits per heavy atom. The summed E-state index contributed by atoms with van der Waals surface area (Å²) in [5, 5.41) is 3.54. The van der Waals surface area contributed by atoms with Crippen LogP contribution in [0.2, 0.25) is 0 Å². The van der Waals surface area contributed by atoms with Gasteiger partial charge in [-0.05, 0) is 43.7 Å². The summed E-state index contributed by atoms with van der Waals surface area (Å²) in [7, 11) is 0. The third-order valence-electron chi connectivity index (χ3n) is 5.36. The summed E-state index contributed by atoms with van der Waals surface area (Å²) in [5.74, 6) is -1.35. The molecule has 2 aliphatic heterocycles. The molecule has 0 spiro atoms. The maximum Gasteiger partial charge on any atom is 0.264 e. The van der Waals surface area contributed by atoms with Crippen LogP contribution in [0.4, 0.5) is 20.2 Å². The molecule has 2 heterocycles. The predicted octanol–water partition coefficient (Wildman–Crippen LogP) is 4.27. The van der Waals surface area contributed by atoms with E-state index in [0.29, 0.717) is 35.0 Å². The number of anilines is 2. The minimum absolute atomic E-state index is 0.186. The van der Waals surface area contributed by atoms with Gasteiger partial charge in [-0.25, -0.2) is 8.78 Å². The van der Waals surface area contributed by atoms with Crippen molar-refractivity contribution in [3.63, 3.8) is 0 Å². The van der Waals surface area contributed by atoms with Crippen molar-refractivity contribution in [1.29, 1.82) is 0 Å². The van der Waals surface area contributed by atoms with E-state index >= 15 is 0 Å². The normalized spacial score (nSPS) is 23.9. The minimum Gasteiger partial charge on any atom is -0.368 e. The first-order valence-corrected chi connectivity index (χ1v) is 11.1. The van der Waals surface area contributed by atoms with E-state index in [4.69, 9.17) is 0 Å². The Morgan fingerprint density at radius 1 is 1.07 bits per heavy atom. The van der Waals surface area contributed by atoms with Crippen LogP contribution in [-0.4, -0.2) is 43.4 Å². The molecule has 2 atom stereocenters. The third-order valence-corrected chi connectivity index (χ3v) is 6.35. The molecule has 30 heavy (non-hydrogen) atoms. The Bertz CT molecular complexity index is 971. The van der Waals surface area contributed by atoms with E-state index in [1.165, 1.54) is 22.7 Å². The fourth-order valence-corrected chi connectivity index (χ4v) is 5.05. The van der Waals surface area contributed by atoms with Gasteiger partial charge in [-0.15, -0.1) is 11.8 Å². The predicted molar refractivity (Wildman–Crippen MR) is 120 cm³/mol. The maximum absolute atomic E-state index is 13.7. The monoisotopic (exact) mass is 429 g/mol. The van der Waals surface area contributed by atoms with Gasteiger partial charge < -0.3 is 15.1 Å². The van der Waals surface area contributed by atoms with Gasteiger partial charge in [0.1, 0.15) is 0 Å². The van der Waals surface area contributed by atoms with Crippen molar-refractivity contribution in [2.24, 2.45) is 0 Å². The Balaban J connectivity index is 1.63. The number of carbonyl (C=O) groups excluding carboxylic acids is 1. The number of halogens is 2. The molecule has 4 nitrogen and oxygen atoms in total. The SMILES string of the molecule is CC1CN(c2ccccc2C=C2SCCN(c3ccc(F)c(F)c3)C2=O)CC(C)N1. The Labute approximate surface area is 179 Å². The molecule has 1 N–H and O–H groups in total. The molecule has 2 aliphatic rings. The van der Waals surface area contributed by atoms with Gasteiger partial charge in [0.2, 0.25) is 0 Å². The lowest BCUT2D eigenvalue weighted by Crippen LogP contribution is -2.54. The van der Waals surface area contributed by atoms with Gasteiger partial charge >= 0.3 is 0 Å². The lowest BCUT2D eigenvalue weighted by atomic mass is 10.1. The van der Waals surface area contributed by atoms with Crippen LogP contribution in [0.25, 0.3) is 6.08 Å². The molecule has 0 radical (unpaired) electrons. The molecule has 2 aromatic rings. The largest absolute Gasteiger partial charge is 0.368 e. The van der Waals surface area contributed by atoms with E-state index in [-0.39, 0.29) is 5.91 Å². The first kappa shape index (κ1) is 20.9. The van der Waals surface area contributed by atoms with Crippen LogP contribution >= 0.6 is 11.8 Å². The van der Waals surface area contributed by atoms with Gasteiger partial charge in [0.15, 0.2) is 11.6 Å². The molecular formula is C23H25F2N3OS. The first-order chi connectivity index (χ1) is 14.4. The number of benzene rings is 2. The molecule has 4 rings (SSSR count). The molecule has 0 saturated carbocycles. The number of piperazine rings is 1. The number of carbonyl (C=O) groups is 1. The standard InChI is InChI=1S/C23H25F2N3OS/c1-15-13-27(14-16(2)26-15)21-6-4-3-5-17(21)11-22-23(29)28(9-10-30-22)18-7-8-19(24)20(25)12-18/h3-8,11-12,15-16,26H,9-10,13-14H2,1-2H3. The third kappa shape index (κ3) is 4.37. The summed E-state index contributed by atoms with van der Waals surface area (Å²) >= 11 is 1.50. The van der Waals surface area contributed by atoms with Gasteiger partial charge in [-0.3, -0.25) is 4.79 Å². The Kier molecular flexibility index (Phi) is 6.11. The second-order valence-electron chi connectivity index (χ2n) is 7.84. The number of nitrogens with one attached hydrogen (secondary N) is 1. The van der Waals surface area contributed by atoms with Crippen LogP contribution in [0.3, 0.4) is 0 Å². The fourth-order valence-electron chi connectivity index (χ4n) is 4.11. The number of thioether (sulfide) groups is 1. The van der Waals surface area contributed by atoms with Gasteiger partial charge in [-0.1, -0.05) is 18.2 Å². The number of para-hydroxylation sites is 1. The summed E-state index contributed by atoms with van der Waals surface area (Å²) in [6.07, 6.45) is 1.92. The highest BCUT2D eigenvalue weighted by Gasteiger charge is 2.27. The summed E-state index contributed by atoms with van der Waals surface area (Å²) < 4.78 is 27.0. The van der Waals surface area contributed by atoms with Crippen LogP contribution in [0.1, 0.15) is 19.4 Å². The van der Waals surface area contributed by atoms with Crippen LogP contribution < -0.4 is 15.1 Å². The van der Waals surface area contributed by atoms with Gasteiger partial charge in [-0.2, -0.15) is 0 Å². The van der Waals surface area contributed by atoms with Crippen LogP contribution in [0.5, 0.6) is 0 Å². The first-order valence-electron chi connectivity index (χ1n) is 10.1. The van der Waals surface area contributed by atoms with Crippen molar-refractivity contribution in [3.8, 4) is 0 Å². The van der Waals surface area contributed by atoms with E-state index in [1.807, 2.05) is 24.3 Å². The number of rotatable bonds is 3.